The number of amides is 2. The molecule has 11 nitrogen and oxygen atoms in total. The van der Waals surface area contributed by atoms with Crippen molar-refractivity contribution in [2.45, 2.75) is 23.1 Å². The molecule has 0 atom stereocenters. The average molecular weight is 737 g/mol. The van der Waals surface area contributed by atoms with Crippen LogP contribution in [0.1, 0.15) is 16.7 Å². The number of benzene rings is 4. The summed E-state index contributed by atoms with van der Waals surface area (Å²) in [4.78, 5) is 57.3. The molecule has 6 rings (SSSR count). The van der Waals surface area contributed by atoms with Crippen molar-refractivity contribution >= 4 is 114 Å². The van der Waals surface area contributed by atoms with Crippen molar-refractivity contribution in [2.24, 2.45) is 0 Å². The van der Waals surface area contributed by atoms with Gasteiger partial charge in [-0.2, -0.15) is 0 Å². The minimum absolute atomic E-state index is 0.0910. The number of thiazole rings is 1. The highest BCUT2D eigenvalue weighted by atomic mass is 35.5. The van der Waals surface area contributed by atoms with E-state index in [0.29, 0.717) is 36.0 Å². The Kier molecular flexibility index (Phi) is 9.02. The van der Waals surface area contributed by atoms with Crippen molar-refractivity contribution in [3.8, 4) is 0 Å². The lowest BCUT2D eigenvalue weighted by atomic mass is 10.0. The van der Waals surface area contributed by atoms with Crippen LogP contribution in [0, 0.1) is 34.1 Å². The second kappa shape index (κ2) is 13.1. The fraction of sp³-hybridized carbons (Fsp3) is 0.0625. The summed E-state index contributed by atoms with van der Waals surface area (Å²) in [5.41, 5.74) is 2.20. The summed E-state index contributed by atoms with van der Waals surface area (Å²) in [6, 6.07) is 18.4. The summed E-state index contributed by atoms with van der Waals surface area (Å²) >= 11 is 20.6. The molecular weight excluding hydrogens is 717 g/mol. The maximum absolute atomic E-state index is 14.0. The third-order valence-corrected chi connectivity index (χ3v) is 10.7. The zero-order valence-electron chi connectivity index (χ0n) is 24.7. The maximum atomic E-state index is 14.0. The SMILES string of the molecule is Cc1ccc(N2C(=O)C(=Cc3ccc(Sc4nc5ccc([N+](=O)[O-])cc5s4)c([N+](=O)[O-])c3)C(=O)N(c3ccc(C)c(Cl)c3)C2=S)cc1Cl. The minimum Gasteiger partial charge on any atom is -0.268 e. The molecule has 0 N–H and O–H groups in total. The van der Waals surface area contributed by atoms with E-state index >= 15 is 0 Å². The largest absolute Gasteiger partial charge is 0.283 e. The molecule has 1 saturated heterocycles. The van der Waals surface area contributed by atoms with E-state index in [1.165, 1.54) is 52.3 Å². The number of non-ortho nitro benzene ring substituents is 1. The first-order chi connectivity index (χ1) is 22.8. The normalized spacial score (nSPS) is 13.4. The molecule has 0 aliphatic carbocycles. The average Bonchev–Trinajstić information content (AvgIpc) is 3.45. The summed E-state index contributed by atoms with van der Waals surface area (Å²) in [6.45, 7) is 3.60. The van der Waals surface area contributed by atoms with Gasteiger partial charge in [-0.3, -0.25) is 39.6 Å². The number of aromatic nitrogens is 1. The van der Waals surface area contributed by atoms with Gasteiger partial charge in [-0.25, -0.2) is 4.98 Å². The number of carbonyl (C=O) groups excluding carboxylic acids is 2. The Morgan fingerprint density at radius 1 is 0.833 bits per heavy atom. The topological polar surface area (TPSA) is 140 Å². The zero-order valence-corrected chi connectivity index (χ0v) is 28.6. The number of aryl methyl sites for hydroxylation is 2. The Morgan fingerprint density at radius 2 is 1.44 bits per heavy atom. The highest BCUT2D eigenvalue weighted by molar-refractivity contribution is 8.01. The van der Waals surface area contributed by atoms with Crippen molar-refractivity contribution in [3.63, 3.8) is 0 Å². The van der Waals surface area contributed by atoms with Gasteiger partial charge in [-0.05, 0) is 85.2 Å². The van der Waals surface area contributed by atoms with Crippen molar-refractivity contribution in [1.29, 1.82) is 0 Å². The second-order valence-corrected chi connectivity index (χ2v) is 14.0. The Hall–Kier alpha value is -4.73. The lowest BCUT2D eigenvalue weighted by Crippen LogP contribution is -2.57. The Morgan fingerprint density at radius 3 is 1.98 bits per heavy atom. The smallest absolute Gasteiger partial charge is 0.268 e. The maximum Gasteiger partial charge on any atom is 0.283 e. The molecule has 240 valence electrons. The molecule has 1 aliphatic rings. The monoisotopic (exact) mass is 735 g/mol. The first-order valence-corrected chi connectivity index (χ1v) is 16.6. The van der Waals surface area contributed by atoms with Crippen LogP contribution in [0.25, 0.3) is 16.3 Å². The minimum atomic E-state index is -0.746. The molecule has 1 aromatic heterocycles. The third-order valence-electron chi connectivity index (χ3n) is 7.33. The molecule has 0 unspecified atom stereocenters. The Bertz CT molecular complexity index is 2200. The first-order valence-electron chi connectivity index (χ1n) is 13.8. The molecule has 16 heteroatoms. The molecule has 48 heavy (non-hydrogen) atoms. The van der Waals surface area contributed by atoms with Crippen molar-refractivity contribution in [3.05, 3.63) is 125 Å². The van der Waals surface area contributed by atoms with Gasteiger partial charge in [-0.1, -0.05) is 53.2 Å². The van der Waals surface area contributed by atoms with Crippen LogP contribution in [0.5, 0.6) is 0 Å². The van der Waals surface area contributed by atoms with E-state index in [4.69, 9.17) is 35.4 Å². The number of thiocarbonyl (C=S) groups is 1. The molecule has 4 aromatic carbocycles. The molecular formula is C32H19Cl2N5O6S3. The van der Waals surface area contributed by atoms with Crippen LogP contribution in [-0.2, 0) is 9.59 Å². The lowest BCUT2D eigenvalue weighted by Gasteiger charge is -2.36. The fourth-order valence-electron chi connectivity index (χ4n) is 4.79. The van der Waals surface area contributed by atoms with Gasteiger partial charge in [-0.15, -0.1) is 11.3 Å². The standard InChI is InChI=1S/C32H19Cl2N5O6S3/c1-16-3-6-19(13-23(16)33)36-29(40)22(30(41)37(32(36)46)20-7-4-17(2)24(34)14-20)11-18-5-10-27(26(12-18)39(44)45)47-31-35-25-9-8-21(38(42)43)15-28(25)48-31/h3-15H,1-2H3. The molecule has 0 radical (unpaired) electrons. The molecule has 1 fully saturated rings. The van der Waals surface area contributed by atoms with E-state index < -0.39 is 21.7 Å². The fourth-order valence-corrected chi connectivity index (χ4v) is 7.66. The van der Waals surface area contributed by atoms with E-state index in [-0.39, 0.29) is 32.5 Å². The van der Waals surface area contributed by atoms with Gasteiger partial charge in [0.15, 0.2) is 9.45 Å². The molecule has 0 saturated carbocycles. The summed E-state index contributed by atoms with van der Waals surface area (Å²) in [5.74, 6) is -1.49. The van der Waals surface area contributed by atoms with Crippen molar-refractivity contribution < 1.29 is 19.4 Å². The first kappa shape index (κ1) is 33.2. The number of fused-ring (bicyclic) bond motifs is 1. The number of nitrogens with zero attached hydrogens (tertiary/aromatic N) is 5. The van der Waals surface area contributed by atoms with Crippen LogP contribution in [0.15, 0.2) is 87.6 Å². The quantitative estimate of drug-likeness (QED) is 0.0527. The van der Waals surface area contributed by atoms with Gasteiger partial charge in [0.1, 0.15) is 5.57 Å². The van der Waals surface area contributed by atoms with Crippen LogP contribution < -0.4 is 9.80 Å². The van der Waals surface area contributed by atoms with Crippen molar-refractivity contribution in [2.75, 3.05) is 9.80 Å². The number of carbonyl (C=O) groups is 2. The number of hydrogen-bond acceptors (Lipinski definition) is 10. The van der Waals surface area contributed by atoms with Gasteiger partial charge in [0.25, 0.3) is 23.2 Å². The van der Waals surface area contributed by atoms with Gasteiger partial charge in [0, 0.05) is 28.2 Å². The summed E-state index contributed by atoms with van der Waals surface area (Å²) in [6.07, 6.45) is 1.27. The van der Waals surface area contributed by atoms with Gasteiger partial charge < -0.3 is 0 Å². The van der Waals surface area contributed by atoms with Gasteiger partial charge in [0.05, 0.1) is 36.3 Å². The summed E-state index contributed by atoms with van der Waals surface area (Å²) in [5, 5.41) is 24.0. The van der Waals surface area contributed by atoms with Crippen LogP contribution in [0.4, 0.5) is 22.7 Å². The molecule has 2 amide bonds. The summed E-state index contributed by atoms with van der Waals surface area (Å²) in [7, 11) is 0. The van der Waals surface area contributed by atoms with Crippen LogP contribution >= 0.6 is 58.5 Å². The lowest BCUT2D eigenvalue weighted by molar-refractivity contribution is -0.387. The second-order valence-electron chi connectivity index (χ2n) is 10.5. The highest BCUT2D eigenvalue weighted by Gasteiger charge is 2.41. The number of nitro benzene ring substituents is 2. The number of nitro groups is 2. The number of rotatable bonds is 7. The van der Waals surface area contributed by atoms with E-state index in [1.807, 2.05) is 0 Å². The number of anilines is 2. The molecule has 1 aliphatic heterocycles. The van der Waals surface area contributed by atoms with E-state index in [9.17, 15) is 29.8 Å². The predicted molar refractivity (Wildman–Crippen MR) is 191 cm³/mol. The Labute approximate surface area is 295 Å². The third kappa shape index (κ3) is 6.28. The van der Waals surface area contributed by atoms with Crippen LogP contribution in [-0.4, -0.2) is 31.8 Å². The zero-order chi connectivity index (χ0) is 34.4. The molecule has 0 bridgehead atoms. The van der Waals surface area contributed by atoms with Crippen LogP contribution in [0.2, 0.25) is 10.0 Å². The van der Waals surface area contributed by atoms with Crippen LogP contribution in [0.3, 0.4) is 0 Å². The number of hydrogen-bond donors (Lipinski definition) is 0. The van der Waals surface area contributed by atoms with Gasteiger partial charge in [0.2, 0.25) is 0 Å². The number of halogens is 2. The predicted octanol–water partition coefficient (Wildman–Crippen LogP) is 8.94. The molecule has 2 heterocycles. The molecule has 0 spiro atoms. The van der Waals surface area contributed by atoms with Crippen molar-refractivity contribution in [1.82, 2.24) is 4.98 Å². The molecule has 5 aromatic rings. The van der Waals surface area contributed by atoms with Gasteiger partial charge >= 0.3 is 0 Å². The summed E-state index contributed by atoms with van der Waals surface area (Å²) < 4.78 is 0.993. The van der Waals surface area contributed by atoms with E-state index in [1.54, 1.807) is 50.2 Å². The Balaban J connectivity index is 1.41. The van der Waals surface area contributed by atoms with E-state index in [2.05, 4.69) is 4.98 Å². The van der Waals surface area contributed by atoms with E-state index in [0.717, 1.165) is 34.2 Å². The highest BCUT2D eigenvalue weighted by Crippen LogP contribution is 2.40.